The number of nitro benzene ring substituents is 1. The Labute approximate surface area is 136 Å². The third kappa shape index (κ3) is 4.43. The topological polar surface area (TPSA) is 81.5 Å². The fourth-order valence-corrected chi connectivity index (χ4v) is 2.99. The Balaban J connectivity index is 1.90. The maximum atomic E-state index is 12.3. The van der Waals surface area contributed by atoms with Crippen molar-refractivity contribution < 1.29 is 14.5 Å². The smallest absolute Gasteiger partial charge is 0.269 e. The lowest BCUT2D eigenvalue weighted by atomic mass is 9.78. The summed E-state index contributed by atoms with van der Waals surface area (Å²) in [7, 11) is 0. The van der Waals surface area contributed by atoms with Crippen molar-refractivity contribution in [3.8, 4) is 5.75 Å². The van der Waals surface area contributed by atoms with Gasteiger partial charge in [0, 0.05) is 18.2 Å². The third-order valence-electron chi connectivity index (χ3n) is 4.76. The minimum atomic E-state index is -0.638. The van der Waals surface area contributed by atoms with Crippen LogP contribution in [0.2, 0.25) is 0 Å². The van der Waals surface area contributed by atoms with Crippen LogP contribution >= 0.6 is 0 Å². The molecule has 126 valence electrons. The van der Waals surface area contributed by atoms with Gasteiger partial charge in [0.2, 0.25) is 0 Å². The lowest BCUT2D eigenvalue weighted by Gasteiger charge is -2.35. The monoisotopic (exact) mass is 320 g/mol. The molecule has 1 saturated carbocycles. The van der Waals surface area contributed by atoms with E-state index < -0.39 is 11.0 Å². The van der Waals surface area contributed by atoms with Gasteiger partial charge in [-0.3, -0.25) is 14.9 Å². The predicted molar refractivity (Wildman–Crippen MR) is 87.3 cm³/mol. The third-order valence-corrected chi connectivity index (χ3v) is 4.76. The van der Waals surface area contributed by atoms with E-state index in [1.807, 2.05) is 0 Å². The fraction of sp³-hybridized carbons (Fsp3) is 0.588. The van der Waals surface area contributed by atoms with Crippen molar-refractivity contribution in [3.63, 3.8) is 0 Å². The molecule has 0 aromatic heterocycles. The van der Waals surface area contributed by atoms with E-state index in [2.05, 4.69) is 19.2 Å². The SMILES string of the molecule is CC(Oc1ccc([N+](=O)[O-])cc1)C(=O)NC1CCCC(C)C1C. The molecule has 0 radical (unpaired) electrons. The summed E-state index contributed by atoms with van der Waals surface area (Å²) < 4.78 is 5.58. The molecule has 0 bridgehead atoms. The van der Waals surface area contributed by atoms with E-state index in [1.165, 1.54) is 30.7 Å². The highest BCUT2D eigenvalue weighted by Crippen LogP contribution is 2.29. The largest absolute Gasteiger partial charge is 0.481 e. The average molecular weight is 320 g/mol. The van der Waals surface area contributed by atoms with E-state index in [1.54, 1.807) is 6.92 Å². The second-order valence-corrected chi connectivity index (χ2v) is 6.39. The molecule has 0 aliphatic heterocycles. The molecule has 0 saturated heterocycles. The normalized spacial score (nSPS) is 25.4. The number of carbonyl (C=O) groups is 1. The summed E-state index contributed by atoms with van der Waals surface area (Å²) in [5.74, 6) is 1.37. The number of nitrogens with one attached hydrogen (secondary N) is 1. The molecular weight excluding hydrogens is 296 g/mol. The number of hydrogen-bond donors (Lipinski definition) is 1. The number of amides is 1. The number of benzene rings is 1. The van der Waals surface area contributed by atoms with Crippen LogP contribution in [-0.4, -0.2) is 23.0 Å². The first-order valence-corrected chi connectivity index (χ1v) is 8.10. The number of nitrogens with zero attached hydrogens (tertiary/aromatic N) is 1. The second kappa shape index (κ2) is 7.44. The Hall–Kier alpha value is -2.11. The van der Waals surface area contributed by atoms with Crippen molar-refractivity contribution >= 4 is 11.6 Å². The molecule has 0 heterocycles. The highest BCUT2D eigenvalue weighted by molar-refractivity contribution is 5.81. The maximum Gasteiger partial charge on any atom is 0.269 e. The van der Waals surface area contributed by atoms with E-state index in [9.17, 15) is 14.9 Å². The number of non-ortho nitro benzene ring substituents is 1. The van der Waals surface area contributed by atoms with Gasteiger partial charge in [0.25, 0.3) is 11.6 Å². The Kier molecular flexibility index (Phi) is 5.58. The number of hydrogen-bond acceptors (Lipinski definition) is 4. The first-order valence-electron chi connectivity index (χ1n) is 8.10. The van der Waals surface area contributed by atoms with E-state index in [0.29, 0.717) is 17.6 Å². The Bertz CT molecular complexity index is 558. The summed E-state index contributed by atoms with van der Waals surface area (Å²) >= 11 is 0. The summed E-state index contributed by atoms with van der Waals surface area (Å²) in [6.07, 6.45) is 2.71. The first-order chi connectivity index (χ1) is 10.9. The van der Waals surface area contributed by atoms with Gasteiger partial charge in [-0.2, -0.15) is 0 Å². The molecular formula is C17H24N2O4. The van der Waals surface area contributed by atoms with E-state index in [0.717, 1.165) is 12.8 Å². The summed E-state index contributed by atoms with van der Waals surface area (Å²) in [4.78, 5) is 22.5. The van der Waals surface area contributed by atoms with Gasteiger partial charge >= 0.3 is 0 Å². The van der Waals surface area contributed by atoms with E-state index in [-0.39, 0.29) is 17.6 Å². The second-order valence-electron chi connectivity index (χ2n) is 6.39. The average Bonchev–Trinajstić information content (AvgIpc) is 2.52. The maximum absolute atomic E-state index is 12.3. The molecule has 1 N–H and O–H groups in total. The van der Waals surface area contributed by atoms with Crippen LogP contribution in [0.4, 0.5) is 5.69 Å². The van der Waals surface area contributed by atoms with Crippen LogP contribution in [0.25, 0.3) is 0 Å². The lowest BCUT2D eigenvalue weighted by Crippen LogP contribution is -2.48. The van der Waals surface area contributed by atoms with Crippen molar-refractivity contribution in [1.29, 1.82) is 0 Å². The molecule has 1 aliphatic rings. The zero-order valence-electron chi connectivity index (χ0n) is 13.8. The van der Waals surface area contributed by atoms with Crippen LogP contribution < -0.4 is 10.1 Å². The van der Waals surface area contributed by atoms with Gasteiger partial charge in [-0.05, 0) is 37.3 Å². The van der Waals surface area contributed by atoms with Gasteiger partial charge in [0.1, 0.15) is 5.75 Å². The number of nitro groups is 1. The van der Waals surface area contributed by atoms with Crippen molar-refractivity contribution in [2.75, 3.05) is 0 Å². The van der Waals surface area contributed by atoms with Crippen LogP contribution in [0.3, 0.4) is 0 Å². The van der Waals surface area contributed by atoms with Gasteiger partial charge in [0.05, 0.1) is 4.92 Å². The molecule has 1 fully saturated rings. The van der Waals surface area contributed by atoms with Gasteiger partial charge in [-0.25, -0.2) is 0 Å². The van der Waals surface area contributed by atoms with Gasteiger partial charge in [-0.15, -0.1) is 0 Å². The van der Waals surface area contributed by atoms with Crippen molar-refractivity contribution in [3.05, 3.63) is 34.4 Å². The van der Waals surface area contributed by atoms with Crippen LogP contribution in [0.5, 0.6) is 5.75 Å². The molecule has 0 spiro atoms. The molecule has 1 aromatic rings. The summed E-state index contributed by atoms with van der Waals surface area (Å²) in [5.41, 5.74) is -0.000488. The minimum absolute atomic E-state index is 0.000488. The van der Waals surface area contributed by atoms with Crippen LogP contribution in [0, 0.1) is 22.0 Å². The molecule has 6 nitrogen and oxygen atoms in total. The van der Waals surface area contributed by atoms with Crippen molar-refractivity contribution in [1.82, 2.24) is 5.32 Å². The lowest BCUT2D eigenvalue weighted by molar-refractivity contribution is -0.384. The zero-order chi connectivity index (χ0) is 17.0. The summed E-state index contributed by atoms with van der Waals surface area (Å²) in [6, 6.07) is 5.94. The molecule has 4 atom stereocenters. The van der Waals surface area contributed by atoms with Crippen molar-refractivity contribution in [2.45, 2.75) is 52.2 Å². The number of carbonyl (C=O) groups excluding carboxylic acids is 1. The van der Waals surface area contributed by atoms with Crippen LogP contribution in [0.15, 0.2) is 24.3 Å². The summed E-state index contributed by atoms with van der Waals surface area (Å²) in [6.45, 7) is 6.09. The molecule has 6 heteroatoms. The fourth-order valence-electron chi connectivity index (χ4n) is 2.99. The van der Waals surface area contributed by atoms with Crippen molar-refractivity contribution in [2.24, 2.45) is 11.8 Å². The highest BCUT2D eigenvalue weighted by Gasteiger charge is 2.29. The first kappa shape index (κ1) is 17.2. The molecule has 1 amide bonds. The summed E-state index contributed by atoms with van der Waals surface area (Å²) in [5, 5.41) is 13.7. The standard InChI is InChI=1S/C17H24N2O4/c1-11-5-4-6-16(12(11)2)18-17(20)13(3)23-15-9-7-14(8-10-15)19(21)22/h7-13,16H,4-6H2,1-3H3,(H,18,20). The molecule has 1 aliphatic carbocycles. The van der Waals surface area contributed by atoms with Gasteiger partial charge in [0.15, 0.2) is 6.10 Å². The van der Waals surface area contributed by atoms with E-state index in [4.69, 9.17) is 4.74 Å². The predicted octanol–water partition coefficient (Wildman–Crippen LogP) is 3.30. The zero-order valence-corrected chi connectivity index (χ0v) is 13.8. The van der Waals surface area contributed by atoms with E-state index >= 15 is 0 Å². The molecule has 4 unspecified atom stereocenters. The Morgan fingerprint density at radius 3 is 2.57 bits per heavy atom. The van der Waals surface area contributed by atoms with Gasteiger partial charge in [-0.1, -0.05) is 26.7 Å². The Morgan fingerprint density at radius 2 is 1.96 bits per heavy atom. The van der Waals surface area contributed by atoms with Crippen LogP contribution in [-0.2, 0) is 4.79 Å². The molecule has 23 heavy (non-hydrogen) atoms. The number of ether oxygens (including phenoxy) is 1. The Morgan fingerprint density at radius 1 is 1.30 bits per heavy atom. The minimum Gasteiger partial charge on any atom is -0.481 e. The molecule has 1 aromatic carbocycles. The number of rotatable bonds is 5. The highest BCUT2D eigenvalue weighted by atomic mass is 16.6. The van der Waals surface area contributed by atoms with Crippen LogP contribution in [0.1, 0.15) is 40.0 Å². The molecule has 2 rings (SSSR count). The van der Waals surface area contributed by atoms with Gasteiger partial charge < -0.3 is 10.1 Å². The quantitative estimate of drug-likeness (QED) is 0.666.